The van der Waals surface area contributed by atoms with Gasteiger partial charge in [0.2, 0.25) is 5.91 Å². The van der Waals surface area contributed by atoms with Gasteiger partial charge >= 0.3 is 0 Å². The van der Waals surface area contributed by atoms with Crippen molar-refractivity contribution in [2.75, 3.05) is 0 Å². The maximum atomic E-state index is 12.5. The van der Waals surface area contributed by atoms with Crippen LogP contribution in [-0.4, -0.2) is 10.9 Å². The number of hydrogen-bond donors (Lipinski definition) is 1. The van der Waals surface area contributed by atoms with Crippen LogP contribution in [0.4, 0.5) is 0 Å². The van der Waals surface area contributed by atoms with Crippen molar-refractivity contribution < 1.29 is 4.79 Å². The summed E-state index contributed by atoms with van der Waals surface area (Å²) < 4.78 is 0. The molecule has 1 aromatic heterocycles. The van der Waals surface area contributed by atoms with Crippen LogP contribution in [0.15, 0.2) is 79.0 Å². The molecule has 3 nitrogen and oxygen atoms in total. The van der Waals surface area contributed by atoms with Gasteiger partial charge in [-0.1, -0.05) is 65.7 Å². The van der Waals surface area contributed by atoms with Gasteiger partial charge in [-0.25, -0.2) is 0 Å². The third-order valence-electron chi connectivity index (χ3n) is 3.78. The van der Waals surface area contributed by atoms with Crippen LogP contribution >= 0.6 is 23.2 Å². The molecule has 0 fully saturated rings. The van der Waals surface area contributed by atoms with Gasteiger partial charge < -0.3 is 5.32 Å². The molecule has 2 aromatic carbocycles. The zero-order chi connectivity index (χ0) is 18.4. The Morgan fingerprint density at radius 1 is 1.00 bits per heavy atom. The molecular weight excluding hydrogens is 367 g/mol. The number of carbonyl (C=O) groups is 1. The average molecular weight is 383 g/mol. The Morgan fingerprint density at radius 2 is 1.77 bits per heavy atom. The highest BCUT2D eigenvalue weighted by molar-refractivity contribution is 6.35. The lowest BCUT2D eigenvalue weighted by Gasteiger charge is -2.18. The van der Waals surface area contributed by atoms with Crippen molar-refractivity contribution in [2.45, 2.75) is 6.04 Å². The van der Waals surface area contributed by atoms with Gasteiger partial charge in [0, 0.05) is 22.3 Å². The van der Waals surface area contributed by atoms with Gasteiger partial charge in [-0.3, -0.25) is 9.78 Å². The minimum Gasteiger partial charge on any atom is -0.340 e. The number of nitrogens with zero attached hydrogens (tertiary/aromatic N) is 1. The van der Waals surface area contributed by atoms with E-state index < -0.39 is 0 Å². The van der Waals surface area contributed by atoms with Crippen LogP contribution in [0.25, 0.3) is 6.08 Å². The van der Waals surface area contributed by atoms with Crippen LogP contribution in [0, 0.1) is 0 Å². The maximum absolute atomic E-state index is 12.5. The minimum absolute atomic E-state index is 0.240. The van der Waals surface area contributed by atoms with E-state index in [2.05, 4.69) is 10.3 Å². The lowest BCUT2D eigenvalue weighted by molar-refractivity contribution is -0.116. The number of halogens is 2. The number of rotatable bonds is 5. The summed E-state index contributed by atoms with van der Waals surface area (Å²) in [5.41, 5.74) is 2.45. The van der Waals surface area contributed by atoms with E-state index in [0.717, 1.165) is 16.8 Å². The largest absolute Gasteiger partial charge is 0.340 e. The van der Waals surface area contributed by atoms with Gasteiger partial charge in [0.1, 0.15) is 0 Å². The SMILES string of the molecule is O=C(/C=C/c1ccc(Cl)cc1Cl)N[C@@H](c1ccccc1)c1ccccn1. The topological polar surface area (TPSA) is 42.0 Å². The van der Waals surface area contributed by atoms with Gasteiger partial charge in [-0.15, -0.1) is 0 Å². The van der Waals surface area contributed by atoms with Crippen LogP contribution < -0.4 is 5.32 Å². The lowest BCUT2D eigenvalue weighted by atomic mass is 10.0. The molecule has 0 radical (unpaired) electrons. The number of amides is 1. The van der Waals surface area contributed by atoms with Crippen molar-refractivity contribution in [1.29, 1.82) is 0 Å². The number of nitrogens with one attached hydrogen (secondary N) is 1. The van der Waals surface area contributed by atoms with E-state index >= 15 is 0 Å². The molecule has 130 valence electrons. The lowest BCUT2D eigenvalue weighted by Crippen LogP contribution is -2.28. The number of pyridine rings is 1. The van der Waals surface area contributed by atoms with Gasteiger partial charge in [0.15, 0.2) is 0 Å². The molecular formula is C21H16Cl2N2O. The van der Waals surface area contributed by atoms with Crippen molar-refractivity contribution >= 4 is 35.2 Å². The smallest absolute Gasteiger partial charge is 0.244 e. The third-order valence-corrected chi connectivity index (χ3v) is 4.34. The van der Waals surface area contributed by atoms with Crippen molar-refractivity contribution in [1.82, 2.24) is 10.3 Å². The zero-order valence-electron chi connectivity index (χ0n) is 13.8. The molecule has 1 heterocycles. The second-order valence-corrected chi connectivity index (χ2v) is 6.45. The fourth-order valence-electron chi connectivity index (χ4n) is 2.51. The fourth-order valence-corrected chi connectivity index (χ4v) is 2.98. The van der Waals surface area contributed by atoms with Crippen LogP contribution in [0.2, 0.25) is 10.0 Å². The van der Waals surface area contributed by atoms with Crippen LogP contribution in [0.5, 0.6) is 0 Å². The highest BCUT2D eigenvalue weighted by Gasteiger charge is 2.16. The molecule has 26 heavy (non-hydrogen) atoms. The summed E-state index contributed by atoms with van der Waals surface area (Å²) in [7, 11) is 0. The minimum atomic E-state index is -0.338. The molecule has 0 saturated heterocycles. The summed E-state index contributed by atoms with van der Waals surface area (Å²) in [6.07, 6.45) is 4.82. The monoisotopic (exact) mass is 382 g/mol. The summed E-state index contributed by atoms with van der Waals surface area (Å²) in [5.74, 6) is -0.240. The third kappa shape index (κ3) is 4.72. The molecule has 3 aromatic rings. The quantitative estimate of drug-likeness (QED) is 0.607. The van der Waals surface area contributed by atoms with Crippen molar-refractivity contribution in [3.8, 4) is 0 Å². The maximum Gasteiger partial charge on any atom is 0.244 e. The molecule has 0 aliphatic carbocycles. The van der Waals surface area contributed by atoms with Crippen LogP contribution in [0.1, 0.15) is 22.9 Å². The van der Waals surface area contributed by atoms with E-state index in [1.165, 1.54) is 6.08 Å². The molecule has 0 aliphatic rings. The summed E-state index contributed by atoms with van der Waals surface area (Å²) in [6.45, 7) is 0. The Morgan fingerprint density at radius 3 is 2.46 bits per heavy atom. The molecule has 0 spiro atoms. The molecule has 0 saturated carbocycles. The van der Waals surface area contributed by atoms with Crippen LogP contribution in [-0.2, 0) is 4.79 Å². The number of aromatic nitrogens is 1. The Hall–Kier alpha value is -2.62. The van der Waals surface area contributed by atoms with E-state index in [0.29, 0.717) is 10.0 Å². The first-order chi connectivity index (χ1) is 12.6. The van der Waals surface area contributed by atoms with E-state index in [4.69, 9.17) is 23.2 Å². The van der Waals surface area contributed by atoms with Gasteiger partial charge in [0.25, 0.3) is 0 Å². The molecule has 0 bridgehead atoms. The standard InChI is InChI=1S/C21H16Cl2N2O/c22-17-11-9-15(18(23)14-17)10-12-20(26)25-21(16-6-2-1-3-7-16)19-8-4-5-13-24-19/h1-14,21H,(H,25,26)/b12-10+/t21-/m0/s1. The second kappa shape index (κ2) is 8.65. The summed E-state index contributed by atoms with van der Waals surface area (Å²) >= 11 is 12.0. The predicted octanol–water partition coefficient (Wildman–Crippen LogP) is 5.31. The highest BCUT2D eigenvalue weighted by Crippen LogP contribution is 2.23. The molecule has 3 rings (SSSR count). The first-order valence-corrected chi connectivity index (χ1v) is 8.78. The van der Waals surface area contributed by atoms with E-state index in [1.54, 1.807) is 30.5 Å². The average Bonchev–Trinajstić information content (AvgIpc) is 2.67. The molecule has 0 unspecified atom stereocenters. The number of hydrogen-bond acceptors (Lipinski definition) is 2. The Kier molecular flexibility index (Phi) is 6.05. The zero-order valence-corrected chi connectivity index (χ0v) is 15.3. The number of carbonyl (C=O) groups excluding carboxylic acids is 1. The van der Waals surface area contributed by atoms with Crippen molar-refractivity contribution in [3.05, 3.63) is 106 Å². The van der Waals surface area contributed by atoms with E-state index in [9.17, 15) is 4.79 Å². The normalized spacial score (nSPS) is 12.1. The summed E-state index contributed by atoms with van der Waals surface area (Å²) in [6, 6.07) is 20.1. The molecule has 0 aliphatic heterocycles. The summed E-state index contributed by atoms with van der Waals surface area (Å²) in [4.78, 5) is 16.8. The Bertz CT molecular complexity index is 872. The predicted molar refractivity (Wildman–Crippen MR) is 106 cm³/mol. The first kappa shape index (κ1) is 18.2. The number of benzene rings is 2. The molecule has 1 N–H and O–H groups in total. The molecule has 5 heteroatoms. The summed E-state index contributed by atoms with van der Waals surface area (Å²) in [5, 5.41) is 4.04. The van der Waals surface area contributed by atoms with Crippen molar-refractivity contribution in [3.63, 3.8) is 0 Å². The van der Waals surface area contributed by atoms with Gasteiger partial charge in [-0.05, 0) is 41.5 Å². The highest BCUT2D eigenvalue weighted by atomic mass is 35.5. The van der Waals surface area contributed by atoms with Gasteiger partial charge in [-0.2, -0.15) is 0 Å². The van der Waals surface area contributed by atoms with Gasteiger partial charge in [0.05, 0.1) is 11.7 Å². The van der Waals surface area contributed by atoms with E-state index in [-0.39, 0.29) is 11.9 Å². The van der Waals surface area contributed by atoms with Crippen molar-refractivity contribution in [2.24, 2.45) is 0 Å². The molecule has 1 atom stereocenters. The first-order valence-electron chi connectivity index (χ1n) is 8.03. The Balaban J connectivity index is 1.80. The van der Waals surface area contributed by atoms with Crippen LogP contribution in [0.3, 0.4) is 0 Å². The Labute approximate surface area is 162 Å². The molecule has 1 amide bonds. The fraction of sp³-hybridized carbons (Fsp3) is 0.0476. The second-order valence-electron chi connectivity index (χ2n) is 5.61. The van der Waals surface area contributed by atoms with E-state index in [1.807, 2.05) is 48.5 Å².